The minimum absolute atomic E-state index is 0.0829. The van der Waals surface area contributed by atoms with E-state index in [1.165, 1.54) is 0 Å². The maximum absolute atomic E-state index is 13.1. The van der Waals surface area contributed by atoms with Crippen molar-refractivity contribution in [2.45, 2.75) is 78.1 Å². The van der Waals surface area contributed by atoms with E-state index >= 15 is 0 Å². The molecule has 1 aromatic carbocycles. The lowest BCUT2D eigenvalue weighted by Crippen LogP contribution is -2.41. The molecule has 2 atom stereocenters. The number of rotatable bonds is 10. The molecule has 0 spiro atoms. The standard InChI is InChI=1S/C26H38N6O3/c1-7-26(4,5)32-24(28-29-30-32)23(17(2)3)31(16-21-9-8-12-35-21)15-19-13-18-14-20(34-6)10-11-22(18)27-25(19)33/h10-11,13-14,17,21,23H,7-9,12,15-16H2,1-6H3,(H,27,33)/t21-,23+/m0/s1. The number of benzene rings is 1. The third kappa shape index (κ3) is 5.41. The van der Waals surface area contributed by atoms with Crippen LogP contribution in [0.1, 0.15) is 71.3 Å². The Morgan fingerprint density at radius 1 is 1.31 bits per heavy atom. The van der Waals surface area contributed by atoms with Crippen LogP contribution < -0.4 is 10.3 Å². The predicted molar refractivity (Wildman–Crippen MR) is 136 cm³/mol. The third-order valence-corrected chi connectivity index (χ3v) is 7.19. The number of tetrazole rings is 1. The number of fused-ring (bicyclic) bond motifs is 1. The van der Waals surface area contributed by atoms with Gasteiger partial charge in [0, 0.05) is 36.2 Å². The molecule has 3 heterocycles. The number of H-pyrrole nitrogens is 1. The number of nitrogens with zero attached hydrogens (tertiary/aromatic N) is 5. The molecule has 0 radical (unpaired) electrons. The molecule has 35 heavy (non-hydrogen) atoms. The summed E-state index contributed by atoms with van der Waals surface area (Å²) in [6, 6.07) is 7.56. The Morgan fingerprint density at radius 3 is 2.77 bits per heavy atom. The van der Waals surface area contributed by atoms with E-state index < -0.39 is 0 Å². The number of aromatic nitrogens is 5. The lowest BCUT2D eigenvalue weighted by atomic mass is 9.97. The van der Waals surface area contributed by atoms with Crippen molar-refractivity contribution < 1.29 is 9.47 Å². The summed E-state index contributed by atoms with van der Waals surface area (Å²) in [6.07, 6.45) is 3.09. The van der Waals surface area contributed by atoms with Gasteiger partial charge in [0.15, 0.2) is 5.82 Å². The van der Waals surface area contributed by atoms with Crippen LogP contribution >= 0.6 is 0 Å². The molecule has 3 aromatic rings. The normalized spacial score (nSPS) is 17.5. The van der Waals surface area contributed by atoms with Crippen molar-refractivity contribution >= 4 is 10.9 Å². The quantitative estimate of drug-likeness (QED) is 0.465. The zero-order valence-corrected chi connectivity index (χ0v) is 21.7. The lowest BCUT2D eigenvalue weighted by Gasteiger charge is -2.36. The van der Waals surface area contributed by atoms with Crippen LogP contribution in [-0.4, -0.2) is 56.5 Å². The molecule has 1 saturated heterocycles. The van der Waals surface area contributed by atoms with Crippen molar-refractivity contribution in [1.82, 2.24) is 30.1 Å². The summed E-state index contributed by atoms with van der Waals surface area (Å²) in [5.41, 5.74) is 1.18. The Hall–Kier alpha value is -2.78. The first-order chi connectivity index (χ1) is 16.7. The molecule has 1 fully saturated rings. The Morgan fingerprint density at radius 2 is 2.11 bits per heavy atom. The average molecular weight is 483 g/mol. The van der Waals surface area contributed by atoms with E-state index in [1.807, 2.05) is 28.9 Å². The van der Waals surface area contributed by atoms with Crippen LogP contribution in [0.2, 0.25) is 0 Å². The Kier molecular flexibility index (Phi) is 7.56. The van der Waals surface area contributed by atoms with E-state index in [4.69, 9.17) is 9.47 Å². The van der Waals surface area contributed by atoms with E-state index in [1.54, 1.807) is 7.11 Å². The molecular formula is C26H38N6O3. The van der Waals surface area contributed by atoms with E-state index in [0.29, 0.717) is 18.7 Å². The maximum Gasteiger partial charge on any atom is 0.252 e. The largest absolute Gasteiger partial charge is 0.497 e. The van der Waals surface area contributed by atoms with Crippen molar-refractivity contribution in [3.8, 4) is 5.75 Å². The summed E-state index contributed by atoms with van der Waals surface area (Å²) in [4.78, 5) is 18.5. The summed E-state index contributed by atoms with van der Waals surface area (Å²) in [5, 5.41) is 13.9. The zero-order chi connectivity index (χ0) is 25.2. The first-order valence-corrected chi connectivity index (χ1v) is 12.6. The molecule has 1 aliphatic heterocycles. The van der Waals surface area contributed by atoms with Gasteiger partial charge >= 0.3 is 0 Å². The Labute approximate surface area is 206 Å². The SMILES string of the molecule is CCC(C)(C)n1nnnc1[C@@H](C(C)C)N(Cc1cc2cc(OC)ccc2[nH]c1=O)C[C@@H]1CCCO1. The molecular weight excluding hydrogens is 444 g/mol. The molecule has 0 unspecified atom stereocenters. The van der Waals surface area contributed by atoms with Crippen LogP contribution in [0.15, 0.2) is 29.1 Å². The summed E-state index contributed by atoms with van der Waals surface area (Å²) in [7, 11) is 1.65. The number of aromatic amines is 1. The molecule has 1 N–H and O–H groups in total. The number of nitrogens with one attached hydrogen (secondary N) is 1. The van der Waals surface area contributed by atoms with Gasteiger partial charge in [-0.1, -0.05) is 20.8 Å². The van der Waals surface area contributed by atoms with Gasteiger partial charge in [-0.3, -0.25) is 9.69 Å². The van der Waals surface area contributed by atoms with Gasteiger partial charge in [-0.05, 0) is 73.7 Å². The number of hydrogen-bond acceptors (Lipinski definition) is 7. The molecule has 190 valence electrons. The van der Waals surface area contributed by atoms with Gasteiger partial charge < -0.3 is 14.5 Å². The van der Waals surface area contributed by atoms with Crippen LogP contribution in [0.5, 0.6) is 5.75 Å². The highest BCUT2D eigenvalue weighted by Gasteiger charge is 2.35. The number of ether oxygens (including phenoxy) is 2. The van der Waals surface area contributed by atoms with Gasteiger partial charge in [0.25, 0.3) is 5.56 Å². The third-order valence-electron chi connectivity index (χ3n) is 7.19. The monoisotopic (exact) mass is 482 g/mol. The van der Waals surface area contributed by atoms with Gasteiger partial charge in [-0.15, -0.1) is 5.10 Å². The van der Waals surface area contributed by atoms with Gasteiger partial charge in [0.05, 0.1) is 24.8 Å². The molecule has 2 aromatic heterocycles. The van der Waals surface area contributed by atoms with E-state index in [9.17, 15) is 4.79 Å². The predicted octanol–water partition coefficient (Wildman–Crippen LogP) is 4.05. The van der Waals surface area contributed by atoms with Crippen LogP contribution in [0.4, 0.5) is 0 Å². The van der Waals surface area contributed by atoms with Crippen LogP contribution in [0, 0.1) is 5.92 Å². The van der Waals surface area contributed by atoms with E-state index in [-0.39, 0.29) is 29.2 Å². The van der Waals surface area contributed by atoms with Crippen LogP contribution in [0.25, 0.3) is 10.9 Å². The zero-order valence-electron chi connectivity index (χ0n) is 21.7. The van der Waals surface area contributed by atoms with Crippen molar-refractivity contribution in [1.29, 1.82) is 0 Å². The molecule has 0 amide bonds. The first-order valence-electron chi connectivity index (χ1n) is 12.6. The van der Waals surface area contributed by atoms with Gasteiger partial charge in [0.1, 0.15) is 5.75 Å². The lowest BCUT2D eigenvalue weighted by molar-refractivity contribution is 0.0368. The fourth-order valence-electron chi connectivity index (χ4n) is 4.86. The number of methoxy groups -OCH3 is 1. The second-order valence-corrected chi connectivity index (χ2v) is 10.4. The van der Waals surface area contributed by atoms with Crippen molar-refractivity contribution in [3.05, 3.63) is 46.0 Å². The fourth-order valence-corrected chi connectivity index (χ4v) is 4.86. The maximum atomic E-state index is 13.1. The van der Waals surface area contributed by atoms with Gasteiger partial charge in [0.2, 0.25) is 0 Å². The highest BCUT2D eigenvalue weighted by atomic mass is 16.5. The minimum atomic E-state index is -0.224. The van der Waals surface area contributed by atoms with Gasteiger partial charge in [-0.25, -0.2) is 4.68 Å². The van der Waals surface area contributed by atoms with Crippen molar-refractivity contribution in [2.24, 2.45) is 5.92 Å². The second kappa shape index (κ2) is 10.5. The smallest absolute Gasteiger partial charge is 0.252 e. The highest BCUT2D eigenvalue weighted by Crippen LogP contribution is 2.33. The van der Waals surface area contributed by atoms with Crippen molar-refractivity contribution in [3.63, 3.8) is 0 Å². The van der Waals surface area contributed by atoms with Gasteiger partial charge in [-0.2, -0.15) is 0 Å². The highest BCUT2D eigenvalue weighted by molar-refractivity contribution is 5.80. The summed E-state index contributed by atoms with van der Waals surface area (Å²) < 4.78 is 13.4. The molecule has 0 bridgehead atoms. The van der Waals surface area contributed by atoms with Crippen molar-refractivity contribution in [2.75, 3.05) is 20.3 Å². The van der Waals surface area contributed by atoms with Crippen LogP contribution in [-0.2, 0) is 16.8 Å². The molecule has 1 aliphatic rings. The topological polar surface area (TPSA) is 98.2 Å². The molecule has 0 saturated carbocycles. The molecule has 9 nitrogen and oxygen atoms in total. The molecule has 0 aliphatic carbocycles. The summed E-state index contributed by atoms with van der Waals surface area (Å²) in [6.45, 7) is 12.8. The fraction of sp³-hybridized carbons (Fsp3) is 0.615. The van der Waals surface area contributed by atoms with E-state index in [0.717, 1.165) is 48.3 Å². The first kappa shape index (κ1) is 25.3. The van der Waals surface area contributed by atoms with Crippen LogP contribution in [0.3, 0.4) is 0 Å². The minimum Gasteiger partial charge on any atom is -0.497 e. The molecule has 9 heteroatoms. The molecule has 4 rings (SSSR count). The average Bonchev–Trinajstić information content (AvgIpc) is 3.52. The Bertz CT molecular complexity index is 1200. The second-order valence-electron chi connectivity index (χ2n) is 10.4. The summed E-state index contributed by atoms with van der Waals surface area (Å²) in [5.74, 6) is 1.80. The summed E-state index contributed by atoms with van der Waals surface area (Å²) >= 11 is 0. The Balaban J connectivity index is 1.76. The number of pyridine rings is 1. The number of hydrogen-bond donors (Lipinski definition) is 1. The van der Waals surface area contributed by atoms with E-state index in [2.05, 4.69) is 60.0 Å².